The summed E-state index contributed by atoms with van der Waals surface area (Å²) in [5, 5.41) is 9.94. The summed E-state index contributed by atoms with van der Waals surface area (Å²) < 4.78 is 37.2. The van der Waals surface area contributed by atoms with Crippen molar-refractivity contribution in [3.8, 4) is 5.75 Å². The van der Waals surface area contributed by atoms with Gasteiger partial charge in [0.1, 0.15) is 27.1 Å². The van der Waals surface area contributed by atoms with E-state index < -0.39 is 5.95 Å². The van der Waals surface area contributed by atoms with Crippen molar-refractivity contribution in [2.45, 2.75) is 55.4 Å². The average molecular weight is 963 g/mol. The molecule has 8 rings (SSSR count). The molecule has 330 valence electrons. The van der Waals surface area contributed by atoms with E-state index >= 15 is 0 Å². The highest BCUT2D eigenvalue weighted by atomic mass is 79.9. The van der Waals surface area contributed by atoms with E-state index in [-0.39, 0.29) is 17.4 Å². The zero-order chi connectivity index (χ0) is 47.0. The third kappa shape index (κ3) is 30.5. The molecule has 8 aromatic rings. The van der Waals surface area contributed by atoms with Crippen LogP contribution in [0.3, 0.4) is 0 Å². The minimum atomic E-state index is -0.412. The maximum atomic E-state index is 12.3. The molecule has 0 unspecified atom stereocenters. The number of hydrogen-bond donors (Lipinski definition) is 1. The second-order valence-electron chi connectivity index (χ2n) is 12.8. The molecule has 0 atom stereocenters. The molecule has 15 heteroatoms. The van der Waals surface area contributed by atoms with Crippen LogP contribution in [0.5, 0.6) is 5.75 Å². The van der Waals surface area contributed by atoms with Crippen LogP contribution < -0.4 is 0 Å². The fourth-order valence-electron chi connectivity index (χ4n) is 3.78. The SMILES string of the molecule is Cc1ccc(Cl)cn1.Cc1ccc(F)cn1.Cc1ccc(O)cn1.Cc1cccc(Br)n1.Cc1cccc(Cl)n1.Cc1cccc(F)n1.Cc1ccncc1.Cc1ncccc1F. The molecule has 0 spiro atoms. The van der Waals surface area contributed by atoms with Gasteiger partial charge in [0.15, 0.2) is 0 Å². The molecule has 0 radical (unpaired) electrons. The lowest BCUT2D eigenvalue weighted by Crippen LogP contribution is -1.82. The molecule has 1 N–H and O–H groups in total. The second kappa shape index (κ2) is 32.5. The van der Waals surface area contributed by atoms with Crippen molar-refractivity contribution in [1.82, 2.24) is 39.9 Å². The molecular formula is C48H50BrCl2F3N8O. The van der Waals surface area contributed by atoms with E-state index in [2.05, 4.69) is 55.8 Å². The van der Waals surface area contributed by atoms with Crippen LogP contribution in [0.1, 0.15) is 45.4 Å². The van der Waals surface area contributed by atoms with Crippen LogP contribution in [-0.4, -0.2) is 45.0 Å². The summed E-state index contributed by atoms with van der Waals surface area (Å²) in [4.78, 5) is 30.6. The quantitative estimate of drug-likeness (QED) is 0.148. The first-order valence-electron chi connectivity index (χ1n) is 18.9. The van der Waals surface area contributed by atoms with Gasteiger partial charge in [0.05, 0.1) is 23.1 Å². The van der Waals surface area contributed by atoms with E-state index in [9.17, 15) is 13.2 Å². The second-order valence-corrected chi connectivity index (χ2v) is 14.4. The van der Waals surface area contributed by atoms with Gasteiger partial charge in [-0.15, -0.1) is 0 Å². The van der Waals surface area contributed by atoms with Gasteiger partial charge in [0.25, 0.3) is 0 Å². The van der Waals surface area contributed by atoms with E-state index in [0.717, 1.165) is 33.1 Å². The molecule has 0 bridgehead atoms. The minimum Gasteiger partial charge on any atom is -0.506 e. The number of hydrogen-bond acceptors (Lipinski definition) is 9. The van der Waals surface area contributed by atoms with Crippen molar-refractivity contribution >= 4 is 39.1 Å². The first-order valence-corrected chi connectivity index (χ1v) is 20.5. The van der Waals surface area contributed by atoms with Gasteiger partial charge in [-0.1, -0.05) is 41.4 Å². The maximum absolute atomic E-state index is 12.3. The molecule has 0 aliphatic heterocycles. The maximum Gasteiger partial charge on any atom is 0.213 e. The normalized spacial score (nSPS) is 9.17. The molecule has 63 heavy (non-hydrogen) atoms. The number of halogens is 6. The smallest absolute Gasteiger partial charge is 0.213 e. The lowest BCUT2D eigenvalue weighted by molar-refractivity contribution is 0.472. The Labute approximate surface area is 386 Å². The third-order valence-corrected chi connectivity index (χ3v) is 7.87. The number of nitrogens with zero attached hydrogens (tertiary/aromatic N) is 8. The Bertz CT molecular complexity index is 2080. The number of pyridine rings is 8. The summed E-state index contributed by atoms with van der Waals surface area (Å²) in [6.45, 7) is 14.9. The minimum absolute atomic E-state index is 0.218. The topological polar surface area (TPSA) is 123 Å². The molecule has 9 nitrogen and oxygen atoms in total. The molecule has 0 aliphatic carbocycles. The van der Waals surface area contributed by atoms with Gasteiger partial charge in [-0.2, -0.15) is 4.39 Å². The van der Waals surface area contributed by atoms with Crippen molar-refractivity contribution in [2.75, 3.05) is 0 Å². The number of aromatic nitrogens is 8. The van der Waals surface area contributed by atoms with Gasteiger partial charge >= 0.3 is 0 Å². The van der Waals surface area contributed by atoms with Crippen LogP contribution in [0.2, 0.25) is 10.2 Å². The van der Waals surface area contributed by atoms with Gasteiger partial charge in [-0.05, 0) is 174 Å². The molecule has 0 amide bonds. The standard InChI is InChI=1S/C6H6BrN.2C6H6ClN.3C6H6FN.C6H7NO.C6H7N/c1-5-3-2-4-6(7)8-5;1-5-2-3-6(7)4-8-5;1-5-3-2-4-6(7)8-5;1-5-2-3-6(7)4-8-5;1-5-6(7)3-2-4-8-5;1-5-3-2-4-6(7)8-5;1-5-2-3-6(8)4-7-5;1-6-2-4-7-5-3-6/h6*2-4H,1H3;2-4,8H,1H3;2-5H,1H3. The summed E-state index contributed by atoms with van der Waals surface area (Å²) in [5.41, 5.74) is 7.17. The summed E-state index contributed by atoms with van der Waals surface area (Å²) >= 11 is 14.3. The van der Waals surface area contributed by atoms with Crippen LogP contribution in [0.25, 0.3) is 0 Å². The Hall–Kier alpha value is -6.15. The largest absolute Gasteiger partial charge is 0.506 e. The molecule has 0 saturated heterocycles. The van der Waals surface area contributed by atoms with Gasteiger partial charge in [-0.25, -0.2) is 23.7 Å². The van der Waals surface area contributed by atoms with Gasteiger partial charge in [-0.3, -0.25) is 24.9 Å². The predicted octanol–water partition coefficient (Wildman–Crippen LogP) is 13.3. The fourth-order valence-corrected chi connectivity index (χ4v) is 4.53. The molecule has 0 aromatic carbocycles. The van der Waals surface area contributed by atoms with Crippen LogP contribution in [0.15, 0.2) is 157 Å². The monoisotopic (exact) mass is 960 g/mol. The highest BCUT2D eigenvalue weighted by molar-refractivity contribution is 9.10. The van der Waals surface area contributed by atoms with E-state index in [0.29, 0.717) is 21.6 Å². The third-order valence-electron chi connectivity index (χ3n) is 7.00. The molecular weight excluding hydrogens is 912 g/mol. The number of aromatic hydroxyl groups is 1. The van der Waals surface area contributed by atoms with Crippen LogP contribution >= 0.6 is 39.1 Å². The fraction of sp³-hybridized carbons (Fsp3) is 0.167. The molecule has 8 aromatic heterocycles. The van der Waals surface area contributed by atoms with Crippen molar-refractivity contribution in [2.24, 2.45) is 0 Å². The van der Waals surface area contributed by atoms with Crippen LogP contribution in [-0.2, 0) is 0 Å². The summed E-state index contributed by atoms with van der Waals surface area (Å²) in [6.07, 6.45) is 9.41. The number of rotatable bonds is 0. The molecule has 0 aliphatic rings. The van der Waals surface area contributed by atoms with Gasteiger partial charge in [0, 0.05) is 59.0 Å². The molecule has 0 saturated carbocycles. The summed E-state index contributed by atoms with van der Waals surface area (Å²) in [7, 11) is 0. The summed E-state index contributed by atoms with van der Waals surface area (Å²) in [6, 6.07) is 33.1. The van der Waals surface area contributed by atoms with Crippen molar-refractivity contribution in [3.05, 3.63) is 230 Å². The van der Waals surface area contributed by atoms with Crippen LogP contribution in [0.4, 0.5) is 13.2 Å². The first kappa shape index (κ1) is 54.9. The first-order chi connectivity index (χ1) is 29.9. The zero-order valence-corrected chi connectivity index (χ0v) is 39.3. The lowest BCUT2D eigenvalue weighted by atomic mass is 10.3. The van der Waals surface area contributed by atoms with Crippen molar-refractivity contribution < 1.29 is 18.3 Å². The Morgan fingerprint density at radius 1 is 0.476 bits per heavy atom. The Morgan fingerprint density at radius 2 is 1.02 bits per heavy atom. The lowest BCUT2D eigenvalue weighted by Gasteiger charge is -1.88. The Morgan fingerprint density at radius 3 is 1.32 bits per heavy atom. The Balaban J connectivity index is 0.000000360. The molecule has 0 fully saturated rings. The zero-order valence-electron chi connectivity index (χ0n) is 36.2. The van der Waals surface area contributed by atoms with E-state index in [1.165, 1.54) is 36.2 Å². The molecule has 8 heterocycles. The average Bonchev–Trinajstić information content (AvgIpc) is 3.24. The summed E-state index contributed by atoms with van der Waals surface area (Å²) in [5.74, 6) is -0.719. The van der Waals surface area contributed by atoms with Crippen LogP contribution in [0, 0.1) is 73.0 Å². The van der Waals surface area contributed by atoms with E-state index in [4.69, 9.17) is 28.3 Å². The van der Waals surface area contributed by atoms with E-state index in [1.807, 2.05) is 96.1 Å². The van der Waals surface area contributed by atoms with Gasteiger partial charge in [0.2, 0.25) is 5.95 Å². The highest BCUT2D eigenvalue weighted by Gasteiger charge is 1.91. The van der Waals surface area contributed by atoms with Gasteiger partial charge < -0.3 is 5.11 Å². The van der Waals surface area contributed by atoms with Crippen molar-refractivity contribution in [1.29, 1.82) is 0 Å². The van der Waals surface area contributed by atoms with E-state index in [1.54, 1.807) is 81.1 Å². The number of aryl methyl sites for hydroxylation is 8. The van der Waals surface area contributed by atoms with Crippen molar-refractivity contribution in [3.63, 3.8) is 0 Å². The predicted molar refractivity (Wildman–Crippen MR) is 251 cm³/mol. The highest BCUT2D eigenvalue weighted by Crippen LogP contribution is 2.06. The Kier molecular flexibility index (Phi) is 28.3.